The van der Waals surface area contributed by atoms with Gasteiger partial charge in [-0.1, -0.05) is 11.6 Å². The van der Waals surface area contributed by atoms with Crippen LogP contribution in [0.15, 0.2) is 36.5 Å². The fraction of sp³-hybridized carbons (Fsp3) is 0.167. The summed E-state index contributed by atoms with van der Waals surface area (Å²) in [5.74, 6) is 0.129. The molecule has 8 nitrogen and oxygen atoms in total. The molecule has 0 fully saturated rings. The third-order valence-electron chi connectivity index (χ3n) is 4.08. The van der Waals surface area contributed by atoms with Crippen LogP contribution in [0, 0.1) is 0 Å². The number of nitrogens with one attached hydrogen (secondary N) is 2. The lowest BCUT2D eigenvalue weighted by atomic mass is 10.1. The minimum atomic E-state index is -0.198. The van der Waals surface area contributed by atoms with Gasteiger partial charge < -0.3 is 10.6 Å². The highest BCUT2D eigenvalue weighted by atomic mass is 35.5. The van der Waals surface area contributed by atoms with Crippen LogP contribution in [0.3, 0.4) is 0 Å². The molecule has 1 aliphatic rings. The quantitative estimate of drug-likeness (QED) is 0.724. The molecule has 136 valence electrons. The number of rotatable bonds is 3. The Morgan fingerprint density at radius 1 is 1.26 bits per heavy atom. The van der Waals surface area contributed by atoms with Crippen molar-refractivity contribution in [1.29, 1.82) is 0 Å². The molecule has 1 aromatic carbocycles. The van der Waals surface area contributed by atoms with Gasteiger partial charge in [-0.25, -0.2) is 9.97 Å². The molecule has 0 aliphatic carbocycles. The van der Waals surface area contributed by atoms with Gasteiger partial charge in [-0.05, 0) is 30.3 Å². The molecule has 0 saturated carbocycles. The summed E-state index contributed by atoms with van der Waals surface area (Å²) in [6.45, 7) is 2.60. The van der Waals surface area contributed by atoms with Gasteiger partial charge in [0.2, 0.25) is 5.91 Å². The maximum Gasteiger partial charge on any atom is 0.269 e. The number of benzene rings is 1. The zero-order chi connectivity index (χ0) is 19.0. The monoisotopic (exact) mass is 382 g/mol. The SMILES string of the molecule is CC(=O)Nc1ccc(-c2nccc(-c3cc4n(n3)CCNC4=O)n2)cc1Cl. The van der Waals surface area contributed by atoms with Gasteiger partial charge in [-0.3, -0.25) is 14.3 Å². The van der Waals surface area contributed by atoms with Crippen LogP contribution in [0.2, 0.25) is 5.02 Å². The van der Waals surface area contributed by atoms with Crippen LogP contribution in [0.5, 0.6) is 0 Å². The van der Waals surface area contributed by atoms with Gasteiger partial charge >= 0.3 is 0 Å². The van der Waals surface area contributed by atoms with Crippen molar-refractivity contribution in [3.63, 3.8) is 0 Å². The van der Waals surface area contributed by atoms with Crippen molar-refractivity contribution in [2.24, 2.45) is 0 Å². The highest BCUT2D eigenvalue weighted by Crippen LogP contribution is 2.28. The summed E-state index contributed by atoms with van der Waals surface area (Å²) in [6.07, 6.45) is 1.63. The van der Waals surface area contributed by atoms with E-state index >= 15 is 0 Å². The Morgan fingerprint density at radius 2 is 2.11 bits per heavy atom. The molecule has 0 unspecified atom stereocenters. The van der Waals surface area contributed by atoms with E-state index in [1.165, 1.54) is 6.92 Å². The summed E-state index contributed by atoms with van der Waals surface area (Å²) in [5.41, 5.74) is 2.96. The van der Waals surface area contributed by atoms with Gasteiger partial charge in [0.1, 0.15) is 11.4 Å². The Labute approximate surface area is 159 Å². The number of carbonyl (C=O) groups is 2. The number of anilines is 1. The molecule has 0 spiro atoms. The minimum absolute atomic E-state index is 0.144. The number of fused-ring (bicyclic) bond motifs is 1. The van der Waals surface area contributed by atoms with Crippen LogP contribution in [0.4, 0.5) is 5.69 Å². The van der Waals surface area contributed by atoms with E-state index < -0.39 is 0 Å². The molecule has 0 radical (unpaired) electrons. The van der Waals surface area contributed by atoms with E-state index in [4.69, 9.17) is 11.6 Å². The third kappa shape index (κ3) is 3.39. The Morgan fingerprint density at radius 3 is 2.85 bits per heavy atom. The van der Waals surface area contributed by atoms with Crippen LogP contribution in [0.1, 0.15) is 17.4 Å². The first kappa shape index (κ1) is 17.2. The van der Waals surface area contributed by atoms with E-state index in [0.29, 0.717) is 52.3 Å². The second-order valence-electron chi connectivity index (χ2n) is 6.04. The summed E-state index contributed by atoms with van der Waals surface area (Å²) in [6, 6.07) is 8.63. The number of aromatic nitrogens is 4. The smallest absolute Gasteiger partial charge is 0.269 e. The third-order valence-corrected chi connectivity index (χ3v) is 4.39. The van der Waals surface area contributed by atoms with Crippen LogP contribution < -0.4 is 10.6 Å². The van der Waals surface area contributed by atoms with E-state index in [9.17, 15) is 9.59 Å². The van der Waals surface area contributed by atoms with Gasteiger partial charge in [0.15, 0.2) is 5.82 Å². The molecule has 2 amide bonds. The molecule has 0 saturated heterocycles. The van der Waals surface area contributed by atoms with E-state index in [1.807, 2.05) is 0 Å². The van der Waals surface area contributed by atoms with Crippen molar-refractivity contribution in [3.8, 4) is 22.8 Å². The number of halogens is 1. The van der Waals surface area contributed by atoms with Crippen molar-refractivity contribution >= 4 is 29.1 Å². The van der Waals surface area contributed by atoms with Crippen LogP contribution in [-0.4, -0.2) is 38.1 Å². The fourth-order valence-electron chi connectivity index (χ4n) is 2.85. The van der Waals surface area contributed by atoms with Crippen molar-refractivity contribution in [2.75, 3.05) is 11.9 Å². The van der Waals surface area contributed by atoms with Crippen LogP contribution in [-0.2, 0) is 11.3 Å². The lowest BCUT2D eigenvalue weighted by Gasteiger charge is -2.13. The largest absolute Gasteiger partial charge is 0.349 e. The topological polar surface area (TPSA) is 102 Å². The molecule has 27 heavy (non-hydrogen) atoms. The van der Waals surface area contributed by atoms with Crippen LogP contribution >= 0.6 is 11.6 Å². The number of amides is 2. The van der Waals surface area contributed by atoms with Gasteiger partial charge in [0.05, 0.1) is 22.9 Å². The number of carbonyl (C=O) groups excluding carboxylic acids is 2. The normalized spacial score (nSPS) is 13.0. The first-order chi connectivity index (χ1) is 13.0. The number of nitrogens with zero attached hydrogens (tertiary/aromatic N) is 4. The maximum atomic E-state index is 11.9. The van der Waals surface area contributed by atoms with E-state index in [1.54, 1.807) is 41.2 Å². The summed E-state index contributed by atoms with van der Waals surface area (Å²) in [7, 11) is 0. The van der Waals surface area contributed by atoms with Crippen molar-refractivity contribution in [3.05, 3.63) is 47.2 Å². The summed E-state index contributed by atoms with van der Waals surface area (Å²) >= 11 is 6.23. The average Bonchev–Trinajstić information content (AvgIpc) is 3.09. The Hall–Kier alpha value is -3.26. The molecule has 2 aromatic heterocycles. The summed E-state index contributed by atoms with van der Waals surface area (Å²) in [5, 5.41) is 10.3. The minimum Gasteiger partial charge on any atom is -0.349 e. The predicted octanol–water partition coefficient (Wildman–Crippen LogP) is 2.36. The van der Waals surface area contributed by atoms with Crippen LogP contribution in [0.25, 0.3) is 22.8 Å². The summed E-state index contributed by atoms with van der Waals surface area (Å²) in [4.78, 5) is 32.0. The number of hydrogen-bond acceptors (Lipinski definition) is 5. The molecule has 0 bridgehead atoms. The van der Waals surface area contributed by atoms with E-state index in [-0.39, 0.29) is 11.8 Å². The second kappa shape index (κ2) is 6.81. The lowest BCUT2D eigenvalue weighted by Crippen LogP contribution is -2.35. The van der Waals surface area contributed by atoms with Gasteiger partial charge in [0.25, 0.3) is 5.91 Å². The first-order valence-electron chi connectivity index (χ1n) is 8.28. The number of hydrogen-bond donors (Lipinski definition) is 2. The van der Waals surface area contributed by atoms with Crippen molar-refractivity contribution in [2.45, 2.75) is 13.5 Å². The highest BCUT2D eigenvalue weighted by molar-refractivity contribution is 6.34. The fourth-order valence-corrected chi connectivity index (χ4v) is 3.07. The molecule has 1 aliphatic heterocycles. The van der Waals surface area contributed by atoms with Gasteiger partial charge in [-0.2, -0.15) is 5.10 Å². The van der Waals surface area contributed by atoms with Crippen molar-refractivity contribution in [1.82, 2.24) is 25.1 Å². The molecule has 9 heteroatoms. The molecule has 2 N–H and O–H groups in total. The Kier molecular flexibility index (Phi) is 4.33. The molecule has 3 heterocycles. The summed E-state index contributed by atoms with van der Waals surface area (Å²) < 4.78 is 1.68. The maximum absolute atomic E-state index is 11.9. The Bertz CT molecular complexity index is 1060. The van der Waals surface area contributed by atoms with E-state index in [2.05, 4.69) is 25.7 Å². The van der Waals surface area contributed by atoms with E-state index in [0.717, 1.165) is 0 Å². The Balaban J connectivity index is 1.68. The predicted molar refractivity (Wildman–Crippen MR) is 100 cm³/mol. The molecule has 3 aromatic rings. The average molecular weight is 383 g/mol. The zero-order valence-electron chi connectivity index (χ0n) is 14.4. The molecular formula is C18H15ClN6O2. The lowest BCUT2D eigenvalue weighted by molar-refractivity contribution is -0.114. The van der Waals surface area contributed by atoms with Gasteiger partial charge in [0, 0.05) is 25.2 Å². The first-order valence-corrected chi connectivity index (χ1v) is 8.66. The molecule has 0 atom stereocenters. The molecular weight excluding hydrogens is 368 g/mol. The van der Waals surface area contributed by atoms with Gasteiger partial charge in [-0.15, -0.1) is 0 Å². The zero-order valence-corrected chi connectivity index (χ0v) is 15.1. The van der Waals surface area contributed by atoms with Crippen molar-refractivity contribution < 1.29 is 9.59 Å². The highest BCUT2D eigenvalue weighted by Gasteiger charge is 2.20. The standard InChI is InChI=1S/C18H15ClN6O2/c1-10(26)22-13-3-2-11(8-12(13)19)17-20-5-4-14(23-17)15-9-16-18(27)21-6-7-25(16)24-15/h2-5,8-9H,6-7H2,1H3,(H,21,27)(H,22,26). The second-order valence-corrected chi connectivity index (χ2v) is 6.44. The molecule has 4 rings (SSSR count).